The second kappa shape index (κ2) is 9.38. The van der Waals surface area contributed by atoms with Gasteiger partial charge in [-0.25, -0.2) is 4.98 Å². The molecule has 5 rings (SSSR count). The van der Waals surface area contributed by atoms with Crippen molar-refractivity contribution in [3.8, 4) is 22.8 Å². The van der Waals surface area contributed by atoms with Crippen LogP contribution in [0.1, 0.15) is 27.3 Å². The summed E-state index contributed by atoms with van der Waals surface area (Å²) in [6.07, 6.45) is 7.15. The molecular formula is C28H25N5O2. The number of fused-ring (bicyclic) bond motifs is 1. The van der Waals surface area contributed by atoms with Crippen LogP contribution in [0, 0.1) is 13.8 Å². The number of hydrogen-bond donors (Lipinski definition) is 1. The molecule has 3 aromatic heterocycles. The van der Waals surface area contributed by atoms with Crippen LogP contribution in [0.25, 0.3) is 22.2 Å². The molecule has 0 aliphatic carbocycles. The lowest BCUT2D eigenvalue weighted by molar-refractivity contribution is 0.0950. The summed E-state index contributed by atoms with van der Waals surface area (Å²) in [5.74, 6) is 2.10. The van der Waals surface area contributed by atoms with E-state index in [-0.39, 0.29) is 5.91 Å². The smallest absolute Gasteiger partial charge is 0.251 e. The molecule has 0 aliphatic heterocycles. The predicted molar refractivity (Wildman–Crippen MR) is 135 cm³/mol. The summed E-state index contributed by atoms with van der Waals surface area (Å²) >= 11 is 0. The van der Waals surface area contributed by atoms with Crippen molar-refractivity contribution < 1.29 is 9.53 Å². The molecule has 0 aliphatic rings. The van der Waals surface area contributed by atoms with E-state index >= 15 is 0 Å². The lowest BCUT2D eigenvalue weighted by Crippen LogP contribution is -2.23. The van der Waals surface area contributed by atoms with Crippen LogP contribution in [0.3, 0.4) is 0 Å². The van der Waals surface area contributed by atoms with Gasteiger partial charge in [0.05, 0.1) is 11.2 Å². The van der Waals surface area contributed by atoms with Gasteiger partial charge >= 0.3 is 0 Å². The highest BCUT2D eigenvalue weighted by atomic mass is 16.5. The quantitative estimate of drug-likeness (QED) is 0.366. The molecule has 3 heterocycles. The largest absolute Gasteiger partial charge is 0.456 e. The standard InChI is InChI=1S/C28H25N5O2/c1-18-22(28(34)31-16-20-9-12-29-13-10-20)5-4-6-26(18)35-27-11-14-30-24-15-21(7-8-23(24)27)25-17-33(3)19(2)32-25/h4-15,17H,16H2,1-3H3,(H,31,34). The molecule has 0 bridgehead atoms. The van der Waals surface area contributed by atoms with Crippen molar-refractivity contribution >= 4 is 16.8 Å². The topological polar surface area (TPSA) is 81.9 Å². The third-order valence-electron chi connectivity index (χ3n) is 6.06. The number of ether oxygens (including phenoxy) is 1. The van der Waals surface area contributed by atoms with E-state index in [1.165, 1.54) is 0 Å². The number of imidazole rings is 1. The average Bonchev–Trinajstić information content (AvgIpc) is 3.22. The second-order valence-electron chi connectivity index (χ2n) is 8.39. The maximum absolute atomic E-state index is 12.9. The van der Waals surface area contributed by atoms with Crippen LogP contribution < -0.4 is 10.1 Å². The Hall–Kier alpha value is -4.52. The van der Waals surface area contributed by atoms with E-state index in [1.807, 2.05) is 80.2 Å². The first-order valence-corrected chi connectivity index (χ1v) is 11.3. The second-order valence-corrected chi connectivity index (χ2v) is 8.39. The molecular weight excluding hydrogens is 438 g/mol. The molecule has 7 nitrogen and oxygen atoms in total. The van der Waals surface area contributed by atoms with Gasteiger partial charge in [0.15, 0.2) is 0 Å². The maximum atomic E-state index is 12.9. The summed E-state index contributed by atoms with van der Waals surface area (Å²) in [5, 5.41) is 3.85. The zero-order chi connectivity index (χ0) is 24.4. The maximum Gasteiger partial charge on any atom is 0.251 e. The van der Waals surface area contributed by atoms with Crippen molar-refractivity contribution in [2.24, 2.45) is 7.05 Å². The van der Waals surface area contributed by atoms with E-state index in [0.717, 1.165) is 39.1 Å². The average molecular weight is 464 g/mol. The molecule has 0 fully saturated rings. The number of amides is 1. The number of carbonyl (C=O) groups is 1. The molecule has 5 aromatic rings. The monoisotopic (exact) mass is 463 g/mol. The minimum absolute atomic E-state index is 0.153. The minimum atomic E-state index is -0.153. The lowest BCUT2D eigenvalue weighted by atomic mass is 10.1. The molecule has 0 radical (unpaired) electrons. The lowest BCUT2D eigenvalue weighted by Gasteiger charge is -2.14. The van der Waals surface area contributed by atoms with Gasteiger partial charge in [0, 0.05) is 60.5 Å². The number of rotatable bonds is 6. The molecule has 0 spiro atoms. The van der Waals surface area contributed by atoms with Gasteiger partial charge in [-0.05, 0) is 61.9 Å². The van der Waals surface area contributed by atoms with Crippen LogP contribution in [0.4, 0.5) is 0 Å². The van der Waals surface area contributed by atoms with Crippen molar-refractivity contribution in [3.63, 3.8) is 0 Å². The van der Waals surface area contributed by atoms with Crippen molar-refractivity contribution in [3.05, 3.63) is 102 Å². The fourth-order valence-electron chi connectivity index (χ4n) is 3.94. The molecule has 0 atom stereocenters. The van der Waals surface area contributed by atoms with Gasteiger partial charge in [0.25, 0.3) is 5.91 Å². The van der Waals surface area contributed by atoms with Gasteiger partial charge in [-0.1, -0.05) is 12.1 Å². The van der Waals surface area contributed by atoms with Crippen LogP contribution in [-0.2, 0) is 13.6 Å². The molecule has 35 heavy (non-hydrogen) atoms. The van der Waals surface area contributed by atoms with Crippen molar-refractivity contribution in [2.45, 2.75) is 20.4 Å². The predicted octanol–water partition coefficient (Wildman–Crippen LogP) is 5.37. The van der Waals surface area contributed by atoms with Crippen molar-refractivity contribution in [1.82, 2.24) is 24.8 Å². The first-order chi connectivity index (χ1) is 17.0. The number of carbonyl (C=O) groups excluding carboxylic acids is 1. The highest BCUT2D eigenvalue weighted by molar-refractivity contribution is 5.96. The number of nitrogens with zero attached hydrogens (tertiary/aromatic N) is 4. The van der Waals surface area contributed by atoms with Gasteiger partial charge in [0.1, 0.15) is 17.3 Å². The Bertz CT molecular complexity index is 1510. The van der Waals surface area contributed by atoms with E-state index in [1.54, 1.807) is 24.7 Å². The first kappa shape index (κ1) is 22.3. The Kier molecular flexibility index (Phi) is 5.97. The van der Waals surface area contributed by atoms with Gasteiger partial charge in [0.2, 0.25) is 0 Å². The number of aryl methyl sites for hydroxylation is 2. The van der Waals surface area contributed by atoms with E-state index in [9.17, 15) is 4.79 Å². The Balaban J connectivity index is 1.40. The summed E-state index contributed by atoms with van der Waals surface area (Å²) in [5.41, 5.74) is 5.04. The minimum Gasteiger partial charge on any atom is -0.456 e. The van der Waals surface area contributed by atoms with Gasteiger partial charge in [-0.3, -0.25) is 14.8 Å². The van der Waals surface area contributed by atoms with Crippen LogP contribution in [0.2, 0.25) is 0 Å². The molecule has 0 saturated heterocycles. The zero-order valence-corrected chi connectivity index (χ0v) is 19.8. The molecule has 2 aromatic carbocycles. The normalized spacial score (nSPS) is 10.9. The third-order valence-corrected chi connectivity index (χ3v) is 6.06. The number of aromatic nitrogens is 4. The first-order valence-electron chi connectivity index (χ1n) is 11.3. The van der Waals surface area contributed by atoms with Gasteiger partial charge in [-0.15, -0.1) is 0 Å². The molecule has 174 valence electrons. The number of hydrogen-bond acceptors (Lipinski definition) is 5. The number of nitrogens with one attached hydrogen (secondary N) is 1. The Morgan fingerprint density at radius 1 is 1.00 bits per heavy atom. The third kappa shape index (κ3) is 4.61. The number of pyridine rings is 2. The van der Waals surface area contributed by atoms with Crippen LogP contribution >= 0.6 is 0 Å². The van der Waals surface area contributed by atoms with Crippen molar-refractivity contribution in [2.75, 3.05) is 0 Å². The Morgan fingerprint density at radius 3 is 2.60 bits per heavy atom. The molecule has 0 unspecified atom stereocenters. The summed E-state index contributed by atoms with van der Waals surface area (Å²) < 4.78 is 8.29. The number of benzene rings is 2. The Morgan fingerprint density at radius 2 is 1.83 bits per heavy atom. The highest BCUT2D eigenvalue weighted by Gasteiger charge is 2.15. The Labute approximate surface area is 203 Å². The van der Waals surface area contributed by atoms with Gasteiger partial charge < -0.3 is 14.6 Å². The van der Waals surface area contributed by atoms with Gasteiger partial charge in [-0.2, -0.15) is 0 Å². The van der Waals surface area contributed by atoms with E-state index in [0.29, 0.717) is 23.6 Å². The van der Waals surface area contributed by atoms with Crippen molar-refractivity contribution in [1.29, 1.82) is 0 Å². The fourth-order valence-corrected chi connectivity index (χ4v) is 3.94. The molecule has 0 saturated carbocycles. The van der Waals surface area contributed by atoms with Crippen LogP contribution in [0.5, 0.6) is 11.5 Å². The van der Waals surface area contributed by atoms with E-state index < -0.39 is 0 Å². The van der Waals surface area contributed by atoms with Crippen LogP contribution in [-0.4, -0.2) is 25.4 Å². The summed E-state index contributed by atoms with van der Waals surface area (Å²) in [7, 11) is 1.98. The summed E-state index contributed by atoms with van der Waals surface area (Å²) in [6.45, 7) is 4.30. The highest BCUT2D eigenvalue weighted by Crippen LogP contribution is 2.33. The fraction of sp³-hybridized carbons (Fsp3) is 0.143. The molecule has 7 heteroatoms. The summed E-state index contributed by atoms with van der Waals surface area (Å²) in [4.78, 5) is 26.0. The van der Waals surface area contributed by atoms with E-state index in [4.69, 9.17) is 4.74 Å². The molecule has 1 amide bonds. The SMILES string of the molecule is Cc1c(Oc2ccnc3cc(-c4cn(C)c(C)n4)ccc23)cccc1C(=O)NCc1ccncc1. The van der Waals surface area contributed by atoms with E-state index in [2.05, 4.69) is 20.3 Å². The summed E-state index contributed by atoms with van der Waals surface area (Å²) in [6, 6.07) is 17.1. The zero-order valence-electron chi connectivity index (χ0n) is 19.8. The molecule has 1 N–H and O–H groups in total. The van der Waals surface area contributed by atoms with Crippen LogP contribution in [0.15, 0.2) is 79.4 Å².